The molecule has 0 spiro atoms. The molecule has 0 radical (unpaired) electrons. The van der Waals surface area contributed by atoms with Crippen LogP contribution < -0.4 is 15.8 Å². The molecule has 0 saturated carbocycles. The SMILES string of the molecule is Cc1c(C(N)=O)sc2nc(Nc3cccnc3)nc(OC(C)C)c12. The molecule has 3 heterocycles. The van der Waals surface area contributed by atoms with Crippen LogP contribution in [0.1, 0.15) is 29.1 Å². The number of rotatable bonds is 5. The number of primary amides is 1. The first-order chi connectivity index (χ1) is 11.5. The third kappa shape index (κ3) is 3.13. The summed E-state index contributed by atoms with van der Waals surface area (Å²) in [6, 6.07) is 3.67. The fourth-order valence-corrected chi connectivity index (χ4v) is 3.29. The molecule has 3 aromatic rings. The van der Waals surface area contributed by atoms with Crippen LogP contribution in [0.5, 0.6) is 5.88 Å². The number of thiophene rings is 1. The zero-order chi connectivity index (χ0) is 17.3. The lowest BCUT2D eigenvalue weighted by Crippen LogP contribution is -2.10. The Hall–Kier alpha value is -2.74. The van der Waals surface area contributed by atoms with Crippen molar-refractivity contribution in [1.82, 2.24) is 15.0 Å². The zero-order valence-electron chi connectivity index (χ0n) is 13.5. The highest BCUT2D eigenvalue weighted by Crippen LogP contribution is 2.36. The lowest BCUT2D eigenvalue weighted by atomic mass is 10.2. The molecule has 7 nitrogen and oxygen atoms in total. The highest BCUT2D eigenvalue weighted by atomic mass is 32.1. The molecule has 124 valence electrons. The van der Waals surface area contributed by atoms with Crippen molar-refractivity contribution in [2.24, 2.45) is 5.73 Å². The molecular weight excluding hydrogens is 326 g/mol. The molecule has 1 amide bonds. The van der Waals surface area contributed by atoms with E-state index in [4.69, 9.17) is 10.5 Å². The molecule has 0 aliphatic rings. The largest absolute Gasteiger partial charge is 0.474 e. The van der Waals surface area contributed by atoms with Gasteiger partial charge in [-0.05, 0) is 38.5 Å². The second-order valence-electron chi connectivity index (χ2n) is 5.49. The van der Waals surface area contributed by atoms with Gasteiger partial charge in [-0.2, -0.15) is 4.98 Å². The number of pyridine rings is 1. The van der Waals surface area contributed by atoms with Gasteiger partial charge >= 0.3 is 0 Å². The molecule has 0 bridgehead atoms. The van der Waals surface area contributed by atoms with E-state index in [1.807, 2.05) is 32.9 Å². The second kappa shape index (κ2) is 6.40. The van der Waals surface area contributed by atoms with Gasteiger partial charge < -0.3 is 15.8 Å². The Kier molecular flexibility index (Phi) is 4.30. The minimum absolute atomic E-state index is 0.0642. The van der Waals surface area contributed by atoms with E-state index in [-0.39, 0.29) is 6.10 Å². The summed E-state index contributed by atoms with van der Waals surface area (Å²) in [5, 5.41) is 3.81. The molecular formula is C16H17N5O2S. The van der Waals surface area contributed by atoms with Crippen LogP contribution in [0, 0.1) is 6.92 Å². The van der Waals surface area contributed by atoms with E-state index in [1.165, 1.54) is 11.3 Å². The second-order valence-corrected chi connectivity index (χ2v) is 6.49. The van der Waals surface area contributed by atoms with Gasteiger partial charge in [0, 0.05) is 6.20 Å². The van der Waals surface area contributed by atoms with E-state index >= 15 is 0 Å². The molecule has 0 fully saturated rings. The van der Waals surface area contributed by atoms with Crippen molar-refractivity contribution < 1.29 is 9.53 Å². The van der Waals surface area contributed by atoms with Gasteiger partial charge in [0.05, 0.1) is 28.3 Å². The monoisotopic (exact) mass is 343 g/mol. The standard InChI is InChI=1S/C16H17N5O2S/c1-8(2)23-14-11-9(3)12(13(17)22)24-15(11)21-16(20-14)19-10-5-4-6-18-7-10/h4-8H,1-3H3,(H2,17,22)(H,19,20,21). The van der Waals surface area contributed by atoms with Crippen LogP contribution in [0.3, 0.4) is 0 Å². The maximum Gasteiger partial charge on any atom is 0.259 e. The lowest BCUT2D eigenvalue weighted by Gasteiger charge is -2.12. The molecule has 3 N–H and O–H groups in total. The molecule has 8 heteroatoms. The van der Waals surface area contributed by atoms with E-state index in [1.54, 1.807) is 12.4 Å². The molecule has 0 aliphatic heterocycles. The van der Waals surface area contributed by atoms with Crippen LogP contribution in [0.4, 0.5) is 11.6 Å². The number of nitrogens with zero attached hydrogens (tertiary/aromatic N) is 3. The van der Waals surface area contributed by atoms with Gasteiger partial charge in [0.15, 0.2) is 0 Å². The lowest BCUT2D eigenvalue weighted by molar-refractivity contribution is 0.100. The van der Waals surface area contributed by atoms with Gasteiger partial charge in [-0.25, -0.2) is 4.98 Å². The topological polar surface area (TPSA) is 103 Å². The smallest absolute Gasteiger partial charge is 0.259 e. The number of hydrogen-bond acceptors (Lipinski definition) is 7. The molecule has 3 aromatic heterocycles. The third-order valence-electron chi connectivity index (χ3n) is 3.25. The first-order valence-electron chi connectivity index (χ1n) is 7.40. The Morgan fingerprint density at radius 2 is 2.17 bits per heavy atom. The van der Waals surface area contributed by atoms with Crippen LogP contribution in [0.15, 0.2) is 24.5 Å². The molecule has 0 aromatic carbocycles. The summed E-state index contributed by atoms with van der Waals surface area (Å²) in [5.41, 5.74) is 6.95. The average Bonchev–Trinajstić information content (AvgIpc) is 2.85. The third-order valence-corrected chi connectivity index (χ3v) is 4.45. The van der Waals surface area contributed by atoms with Gasteiger partial charge in [-0.1, -0.05) is 0 Å². The molecule has 0 aliphatic carbocycles. The Balaban J connectivity index is 2.13. The maximum atomic E-state index is 11.6. The predicted molar refractivity (Wildman–Crippen MR) is 94.0 cm³/mol. The van der Waals surface area contributed by atoms with Crippen molar-refractivity contribution >= 4 is 39.1 Å². The van der Waals surface area contributed by atoms with Crippen LogP contribution in [-0.4, -0.2) is 27.0 Å². The number of aromatic nitrogens is 3. The number of fused-ring (bicyclic) bond motifs is 1. The first kappa shape index (κ1) is 16.1. The van der Waals surface area contributed by atoms with Gasteiger partial charge in [-0.15, -0.1) is 11.3 Å². The quantitative estimate of drug-likeness (QED) is 0.738. The molecule has 0 atom stereocenters. The van der Waals surface area contributed by atoms with Crippen LogP contribution in [0.2, 0.25) is 0 Å². The predicted octanol–water partition coefficient (Wildman–Crippen LogP) is 3.02. The Morgan fingerprint density at radius 1 is 1.38 bits per heavy atom. The number of carbonyl (C=O) groups is 1. The van der Waals surface area contributed by atoms with Crippen molar-refractivity contribution in [1.29, 1.82) is 0 Å². The van der Waals surface area contributed by atoms with Gasteiger partial charge in [0.2, 0.25) is 11.8 Å². The zero-order valence-corrected chi connectivity index (χ0v) is 14.3. The van der Waals surface area contributed by atoms with Crippen molar-refractivity contribution in [2.75, 3.05) is 5.32 Å². The molecule has 0 unspecified atom stereocenters. The highest BCUT2D eigenvalue weighted by molar-refractivity contribution is 7.20. The van der Waals surface area contributed by atoms with Crippen LogP contribution in [0.25, 0.3) is 10.2 Å². The van der Waals surface area contributed by atoms with Gasteiger partial charge in [0.1, 0.15) is 4.83 Å². The van der Waals surface area contributed by atoms with E-state index < -0.39 is 5.91 Å². The van der Waals surface area contributed by atoms with Crippen molar-refractivity contribution in [3.63, 3.8) is 0 Å². The fraction of sp³-hybridized carbons (Fsp3) is 0.250. The van der Waals surface area contributed by atoms with Crippen molar-refractivity contribution in [2.45, 2.75) is 26.9 Å². The molecule has 24 heavy (non-hydrogen) atoms. The number of anilines is 2. The summed E-state index contributed by atoms with van der Waals surface area (Å²) in [6.07, 6.45) is 3.29. The number of aryl methyl sites for hydroxylation is 1. The highest BCUT2D eigenvalue weighted by Gasteiger charge is 2.20. The number of nitrogens with two attached hydrogens (primary N) is 1. The van der Waals surface area contributed by atoms with E-state index in [2.05, 4.69) is 20.3 Å². The molecule has 0 saturated heterocycles. The number of carbonyl (C=O) groups excluding carboxylic acids is 1. The normalized spacial score (nSPS) is 11.0. The summed E-state index contributed by atoms with van der Waals surface area (Å²) in [6.45, 7) is 5.65. The maximum absolute atomic E-state index is 11.6. The number of nitrogens with one attached hydrogen (secondary N) is 1. The van der Waals surface area contributed by atoms with Crippen LogP contribution in [-0.2, 0) is 0 Å². The Labute approximate surface area is 142 Å². The number of amides is 1. The minimum Gasteiger partial charge on any atom is -0.474 e. The van der Waals surface area contributed by atoms with Crippen LogP contribution >= 0.6 is 11.3 Å². The van der Waals surface area contributed by atoms with Crippen molar-refractivity contribution in [3.8, 4) is 5.88 Å². The van der Waals surface area contributed by atoms with Gasteiger partial charge in [-0.3, -0.25) is 9.78 Å². The minimum atomic E-state index is -0.479. The van der Waals surface area contributed by atoms with E-state index in [0.717, 1.165) is 16.6 Å². The Bertz CT molecular complexity index is 892. The number of ether oxygens (including phenoxy) is 1. The summed E-state index contributed by atoms with van der Waals surface area (Å²) in [7, 11) is 0. The fourth-order valence-electron chi connectivity index (χ4n) is 2.27. The average molecular weight is 343 g/mol. The van der Waals surface area contributed by atoms with E-state index in [0.29, 0.717) is 21.5 Å². The first-order valence-corrected chi connectivity index (χ1v) is 8.22. The summed E-state index contributed by atoms with van der Waals surface area (Å²) >= 11 is 1.24. The Morgan fingerprint density at radius 3 is 2.79 bits per heavy atom. The van der Waals surface area contributed by atoms with E-state index in [9.17, 15) is 4.79 Å². The summed E-state index contributed by atoms with van der Waals surface area (Å²) in [5.74, 6) is 0.332. The van der Waals surface area contributed by atoms with Gasteiger partial charge in [0.25, 0.3) is 5.91 Å². The molecule has 3 rings (SSSR count). The number of hydrogen-bond donors (Lipinski definition) is 2. The van der Waals surface area contributed by atoms with Crippen molar-refractivity contribution in [3.05, 3.63) is 35.0 Å². The summed E-state index contributed by atoms with van der Waals surface area (Å²) < 4.78 is 5.83. The summed E-state index contributed by atoms with van der Waals surface area (Å²) in [4.78, 5) is 25.7.